The van der Waals surface area contributed by atoms with Gasteiger partial charge in [0.25, 0.3) is 0 Å². The van der Waals surface area contributed by atoms with Crippen LogP contribution in [0.5, 0.6) is 0 Å². The third kappa shape index (κ3) is 4.14. The van der Waals surface area contributed by atoms with E-state index >= 15 is 0 Å². The highest BCUT2D eigenvalue weighted by Crippen LogP contribution is 2.28. The number of thiophene rings is 1. The van der Waals surface area contributed by atoms with Crippen LogP contribution in [0, 0.1) is 17.2 Å². The highest BCUT2D eigenvalue weighted by molar-refractivity contribution is 7.12. The Kier molecular flexibility index (Phi) is 5.03. The van der Waals surface area contributed by atoms with E-state index in [1.807, 2.05) is 12.1 Å². The second kappa shape index (κ2) is 6.78. The number of nitriles is 1. The molecule has 0 unspecified atom stereocenters. The van der Waals surface area contributed by atoms with E-state index in [9.17, 15) is 0 Å². The summed E-state index contributed by atoms with van der Waals surface area (Å²) >= 11 is 1.59. The highest BCUT2D eigenvalue weighted by Gasteiger charge is 2.13. The number of hydrogen-bond donors (Lipinski definition) is 1. The maximum absolute atomic E-state index is 8.72. The van der Waals surface area contributed by atoms with Crippen LogP contribution in [0.2, 0.25) is 0 Å². The highest BCUT2D eigenvalue weighted by atomic mass is 32.1. The molecule has 1 heterocycles. The van der Waals surface area contributed by atoms with E-state index in [4.69, 9.17) is 5.26 Å². The lowest BCUT2D eigenvalue weighted by Crippen LogP contribution is -2.14. The van der Waals surface area contributed by atoms with Gasteiger partial charge in [-0.1, -0.05) is 25.7 Å². The molecule has 1 saturated carbocycles. The molecule has 17 heavy (non-hydrogen) atoms. The van der Waals surface area contributed by atoms with Gasteiger partial charge in [-0.3, -0.25) is 0 Å². The number of hydrogen-bond acceptors (Lipinski definition) is 3. The first-order chi connectivity index (χ1) is 8.38. The van der Waals surface area contributed by atoms with Crippen LogP contribution in [0.25, 0.3) is 0 Å². The Bertz CT molecular complexity index is 372. The van der Waals surface area contributed by atoms with E-state index < -0.39 is 0 Å². The Hall–Kier alpha value is -0.850. The molecule has 1 N–H and O–H groups in total. The fourth-order valence-corrected chi connectivity index (χ4v) is 3.33. The molecule has 0 saturated heterocycles. The van der Waals surface area contributed by atoms with Crippen molar-refractivity contribution in [2.24, 2.45) is 5.92 Å². The fraction of sp³-hybridized carbons (Fsp3) is 0.643. The van der Waals surface area contributed by atoms with Crippen LogP contribution in [0.4, 0.5) is 0 Å². The molecule has 0 atom stereocenters. The van der Waals surface area contributed by atoms with Gasteiger partial charge in [0.05, 0.1) is 0 Å². The summed E-state index contributed by atoms with van der Waals surface area (Å²) in [6.45, 7) is 2.02. The second-order valence-corrected chi connectivity index (χ2v) is 6.02. The first kappa shape index (κ1) is 12.6. The van der Waals surface area contributed by atoms with Crippen LogP contribution in [0.1, 0.15) is 48.3 Å². The first-order valence-corrected chi connectivity index (χ1v) is 7.39. The van der Waals surface area contributed by atoms with Crippen molar-refractivity contribution < 1.29 is 0 Å². The lowest BCUT2D eigenvalue weighted by Gasteiger charge is -2.08. The molecule has 1 fully saturated rings. The molecule has 1 aromatic heterocycles. The number of nitrogens with one attached hydrogen (secondary N) is 1. The van der Waals surface area contributed by atoms with E-state index in [-0.39, 0.29) is 0 Å². The van der Waals surface area contributed by atoms with Crippen molar-refractivity contribution in [3.8, 4) is 6.07 Å². The van der Waals surface area contributed by atoms with Crippen LogP contribution >= 0.6 is 11.3 Å². The predicted octanol–water partition coefficient (Wildman–Crippen LogP) is 3.68. The standard InChI is InChI=1S/C14H20N2S/c15-10-13-7-8-14(17-13)11-16-9-3-6-12-4-1-2-5-12/h7-8,12,16H,1-6,9,11H2. The fourth-order valence-electron chi connectivity index (χ4n) is 2.56. The van der Waals surface area contributed by atoms with Crippen molar-refractivity contribution >= 4 is 11.3 Å². The third-order valence-electron chi connectivity index (χ3n) is 3.51. The SMILES string of the molecule is N#Cc1ccc(CNCCCC2CCCC2)s1. The van der Waals surface area contributed by atoms with Crippen molar-refractivity contribution in [1.82, 2.24) is 5.32 Å². The molecule has 0 aromatic carbocycles. The Balaban J connectivity index is 1.55. The van der Waals surface area contributed by atoms with Crippen LogP contribution in [-0.2, 0) is 6.54 Å². The monoisotopic (exact) mass is 248 g/mol. The Morgan fingerprint density at radius 2 is 2.18 bits per heavy atom. The lowest BCUT2D eigenvalue weighted by atomic mass is 10.0. The molecular weight excluding hydrogens is 228 g/mol. The van der Waals surface area contributed by atoms with Crippen LogP contribution in [-0.4, -0.2) is 6.54 Å². The summed E-state index contributed by atoms with van der Waals surface area (Å²) in [4.78, 5) is 2.08. The van der Waals surface area contributed by atoms with E-state index in [2.05, 4.69) is 11.4 Å². The van der Waals surface area contributed by atoms with E-state index in [1.165, 1.54) is 43.4 Å². The minimum atomic E-state index is 0.813. The zero-order valence-corrected chi connectivity index (χ0v) is 11.1. The van der Waals surface area contributed by atoms with E-state index in [0.717, 1.165) is 23.9 Å². The molecule has 0 radical (unpaired) electrons. The maximum Gasteiger partial charge on any atom is 0.110 e. The minimum Gasteiger partial charge on any atom is -0.312 e. The van der Waals surface area contributed by atoms with Crippen molar-refractivity contribution in [1.29, 1.82) is 5.26 Å². The normalized spacial score (nSPS) is 16.2. The molecular formula is C14H20N2S. The van der Waals surface area contributed by atoms with Gasteiger partial charge in [0.1, 0.15) is 10.9 Å². The van der Waals surface area contributed by atoms with Gasteiger partial charge >= 0.3 is 0 Å². The predicted molar refractivity (Wildman–Crippen MR) is 71.9 cm³/mol. The van der Waals surface area contributed by atoms with Crippen LogP contribution in [0.15, 0.2) is 12.1 Å². The summed E-state index contributed by atoms with van der Waals surface area (Å²) in [5.41, 5.74) is 0. The Labute approximate surface area is 108 Å². The summed E-state index contributed by atoms with van der Waals surface area (Å²) < 4.78 is 0. The van der Waals surface area contributed by atoms with Gasteiger partial charge in [-0.05, 0) is 37.4 Å². The van der Waals surface area contributed by atoms with E-state index in [1.54, 1.807) is 11.3 Å². The van der Waals surface area contributed by atoms with Gasteiger partial charge in [0.2, 0.25) is 0 Å². The molecule has 2 nitrogen and oxygen atoms in total. The molecule has 1 aliphatic rings. The molecule has 1 aromatic rings. The molecule has 3 heteroatoms. The summed E-state index contributed by atoms with van der Waals surface area (Å²) in [5, 5.41) is 12.2. The quantitative estimate of drug-likeness (QED) is 0.780. The van der Waals surface area contributed by atoms with Gasteiger partial charge in [0, 0.05) is 11.4 Å². The zero-order valence-electron chi connectivity index (χ0n) is 10.2. The van der Waals surface area contributed by atoms with Gasteiger partial charge in [-0.15, -0.1) is 11.3 Å². The number of nitrogens with zero attached hydrogens (tertiary/aromatic N) is 1. The molecule has 1 aliphatic carbocycles. The Morgan fingerprint density at radius 1 is 1.35 bits per heavy atom. The molecule has 0 aliphatic heterocycles. The molecule has 0 amide bonds. The van der Waals surface area contributed by atoms with Gasteiger partial charge < -0.3 is 5.32 Å². The molecule has 0 spiro atoms. The van der Waals surface area contributed by atoms with Crippen molar-refractivity contribution in [2.45, 2.75) is 45.1 Å². The molecule has 2 rings (SSSR count). The van der Waals surface area contributed by atoms with Crippen LogP contribution in [0.3, 0.4) is 0 Å². The third-order valence-corrected chi connectivity index (χ3v) is 4.50. The average Bonchev–Trinajstić information content (AvgIpc) is 2.99. The van der Waals surface area contributed by atoms with Crippen molar-refractivity contribution in [3.05, 3.63) is 21.9 Å². The summed E-state index contributed by atoms with van der Waals surface area (Å²) in [5.74, 6) is 1.00. The first-order valence-electron chi connectivity index (χ1n) is 6.58. The smallest absolute Gasteiger partial charge is 0.110 e. The topological polar surface area (TPSA) is 35.8 Å². The lowest BCUT2D eigenvalue weighted by molar-refractivity contribution is 0.471. The summed E-state index contributed by atoms with van der Waals surface area (Å²) in [6.07, 6.45) is 8.49. The van der Waals surface area contributed by atoms with Crippen molar-refractivity contribution in [3.63, 3.8) is 0 Å². The van der Waals surface area contributed by atoms with Gasteiger partial charge in [-0.2, -0.15) is 5.26 Å². The Morgan fingerprint density at radius 3 is 2.88 bits per heavy atom. The second-order valence-electron chi connectivity index (χ2n) is 4.85. The maximum atomic E-state index is 8.72. The number of rotatable bonds is 6. The van der Waals surface area contributed by atoms with Gasteiger partial charge in [0.15, 0.2) is 0 Å². The summed E-state index contributed by atoms with van der Waals surface area (Å²) in [7, 11) is 0. The van der Waals surface area contributed by atoms with E-state index in [0.29, 0.717) is 0 Å². The average molecular weight is 248 g/mol. The van der Waals surface area contributed by atoms with Crippen LogP contribution < -0.4 is 5.32 Å². The van der Waals surface area contributed by atoms with Crippen molar-refractivity contribution in [2.75, 3.05) is 6.54 Å². The molecule has 0 bridgehead atoms. The zero-order chi connectivity index (χ0) is 11.9. The minimum absolute atomic E-state index is 0.813. The largest absolute Gasteiger partial charge is 0.312 e. The molecule has 92 valence electrons. The van der Waals surface area contributed by atoms with Gasteiger partial charge in [-0.25, -0.2) is 0 Å². The summed E-state index contributed by atoms with van der Waals surface area (Å²) in [6, 6.07) is 6.13.